The van der Waals surface area contributed by atoms with Crippen LogP contribution in [-0.2, 0) is 4.79 Å². The van der Waals surface area contributed by atoms with Crippen molar-refractivity contribution in [1.29, 1.82) is 0 Å². The number of carbonyl (C=O) groups is 2. The third-order valence-corrected chi connectivity index (χ3v) is 4.82. The molecule has 0 aliphatic carbocycles. The molecule has 0 spiro atoms. The number of ether oxygens (including phenoxy) is 1. The van der Waals surface area contributed by atoms with Crippen LogP contribution >= 0.6 is 0 Å². The van der Waals surface area contributed by atoms with Crippen LogP contribution in [0.4, 0.5) is 24.7 Å². The van der Waals surface area contributed by atoms with Crippen LogP contribution < -0.4 is 15.8 Å². The second-order valence-electron chi connectivity index (χ2n) is 6.77. The molecular weight excluding hydrogens is 455 g/mol. The molecule has 1 amide bonds. The standard InChI is InChI=1S/C21H16F3N5O2.CH2O2/c1-10-3-5-12(17(23)15(10)19(25)30)28-20-21-27-9-13(29(21)8-7-26-20)11-4-6-14(31-2)18(24)16(11)22;2-1-3/h3-9H,1-2H3,(H2,25,30)(H,26,28);1H,(H,2,3). The monoisotopic (exact) mass is 473 g/mol. The zero-order chi connectivity index (χ0) is 25.0. The first-order chi connectivity index (χ1) is 16.2. The van der Waals surface area contributed by atoms with Crippen LogP contribution in [0.2, 0.25) is 0 Å². The molecule has 2 heterocycles. The highest BCUT2D eigenvalue weighted by molar-refractivity contribution is 5.96. The molecule has 2 aromatic heterocycles. The predicted octanol–water partition coefficient (Wildman–Crippen LogP) is 3.67. The number of amides is 1. The van der Waals surface area contributed by atoms with Gasteiger partial charge in [0.2, 0.25) is 5.82 Å². The Morgan fingerprint density at radius 1 is 1.15 bits per heavy atom. The summed E-state index contributed by atoms with van der Waals surface area (Å²) in [5.74, 6) is -4.03. The number of rotatable bonds is 5. The van der Waals surface area contributed by atoms with Crippen molar-refractivity contribution in [2.45, 2.75) is 6.92 Å². The Kier molecular flexibility index (Phi) is 7.00. The van der Waals surface area contributed by atoms with Crippen LogP contribution in [0.1, 0.15) is 15.9 Å². The van der Waals surface area contributed by atoms with Crippen molar-refractivity contribution in [1.82, 2.24) is 14.4 Å². The zero-order valence-electron chi connectivity index (χ0n) is 17.8. The summed E-state index contributed by atoms with van der Waals surface area (Å²) < 4.78 is 49.8. The summed E-state index contributed by atoms with van der Waals surface area (Å²) in [6, 6.07) is 5.65. The van der Waals surface area contributed by atoms with Crippen LogP contribution in [0.15, 0.2) is 42.9 Å². The second kappa shape index (κ2) is 9.90. The number of hydrogen-bond acceptors (Lipinski definition) is 6. The van der Waals surface area contributed by atoms with Gasteiger partial charge in [0.1, 0.15) is 0 Å². The van der Waals surface area contributed by atoms with E-state index in [1.807, 2.05) is 0 Å². The Morgan fingerprint density at radius 3 is 2.50 bits per heavy atom. The van der Waals surface area contributed by atoms with Gasteiger partial charge < -0.3 is 20.9 Å². The molecule has 4 N–H and O–H groups in total. The van der Waals surface area contributed by atoms with Crippen molar-refractivity contribution >= 4 is 29.5 Å². The molecule has 2 aromatic carbocycles. The molecule has 0 bridgehead atoms. The lowest BCUT2D eigenvalue weighted by Crippen LogP contribution is -2.16. The van der Waals surface area contributed by atoms with E-state index in [1.54, 1.807) is 6.92 Å². The fraction of sp³-hybridized carbons (Fsp3) is 0.0909. The summed E-state index contributed by atoms with van der Waals surface area (Å²) in [5, 5.41) is 9.67. The number of aryl methyl sites for hydroxylation is 1. The van der Waals surface area contributed by atoms with E-state index in [0.717, 1.165) is 0 Å². The number of nitrogens with two attached hydrogens (primary N) is 1. The minimum atomic E-state index is -1.12. The van der Waals surface area contributed by atoms with Crippen molar-refractivity contribution in [2.24, 2.45) is 5.73 Å². The van der Waals surface area contributed by atoms with Crippen LogP contribution in [0.25, 0.3) is 16.9 Å². The number of aromatic nitrogens is 3. The van der Waals surface area contributed by atoms with Gasteiger partial charge in [-0.3, -0.25) is 14.0 Å². The number of primary amides is 1. The van der Waals surface area contributed by atoms with E-state index in [0.29, 0.717) is 5.56 Å². The largest absolute Gasteiger partial charge is 0.494 e. The first kappa shape index (κ1) is 24.0. The van der Waals surface area contributed by atoms with Crippen molar-refractivity contribution in [3.05, 3.63) is 71.4 Å². The van der Waals surface area contributed by atoms with Crippen molar-refractivity contribution in [3.8, 4) is 17.0 Å². The second-order valence-corrected chi connectivity index (χ2v) is 6.77. The van der Waals surface area contributed by atoms with Gasteiger partial charge in [0, 0.05) is 18.0 Å². The predicted molar refractivity (Wildman–Crippen MR) is 117 cm³/mol. The fourth-order valence-corrected chi connectivity index (χ4v) is 3.29. The Hall–Kier alpha value is -4.61. The average molecular weight is 473 g/mol. The fourth-order valence-electron chi connectivity index (χ4n) is 3.29. The quantitative estimate of drug-likeness (QED) is 0.377. The molecule has 4 aromatic rings. The van der Waals surface area contributed by atoms with Gasteiger partial charge in [-0.25, -0.2) is 18.7 Å². The lowest BCUT2D eigenvalue weighted by Gasteiger charge is -2.12. The van der Waals surface area contributed by atoms with E-state index in [4.69, 9.17) is 20.4 Å². The summed E-state index contributed by atoms with van der Waals surface area (Å²) in [5.41, 5.74) is 5.83. The Labute approximate surface area is 190 Å². The number of carbonyl (C=O) groups excluding carboxylic acids is 1. The maximum Gasteiger partial charge on any atom is 0.290 e. The molecule has 176 valence electrons. The molecule has 0 atom stereocenters. The summed E-state index contributed by atoms with van der Waals surface area (Å²) in [6.45, 7) is 1.31. The molecule has 0 unspecified atom stereocenters. The molecule has 0 saturated heterocycles. The molecule has 0 aliphatic rings. The molecule has 0 fully saturated rings. The lowest BCUT2D eigenvalue weighted by molar-refractivity contribution is -0.122. The molecule has 0 aliphatic heterocycles. The van der Waals surface area contributed by atoms with E-state index < -0.39 is 23.4 Å². The van der Waals surface area contributed by atoms with Crippen LogP contribution in [0, 0.1) is 24.4 Å². The topological polar surface area (TPSA) is 132 Å². The average Bonchev–Trinajstić information content (AvgIpc) is 3.23. The number of anilines is 2. The van der Waals surface area contributed by atoms with E-state index in [9.17, 15) is 18.0 Å². The Morgan fingerprint density at radius 2 is 1.85 bits per heavy atom. The minimum Gasteiger partial charge on any atom is -0.494 e. The number of nitrogens with one attached hydrogen (secondary N) is 1. The van der Waals surface area contributed by atoms with Crippen molar-refractivity contribution in [3.63, 3.8) is 0 Å². The maximum absolute atomic E-state index is 14.8. The SMILES string of the molecule is COc1ccc(-c2cnc3c(Nc4ccc(C)c(C(N)=O)c4F)nccn23)c(F)c1F.O=CO. The van der Waals surface area contributed by atoms with Crippen LogP contribution in [0.5, 0.6) is 5.75 Å². The maximum atomic E-state index is 14.8. The highest BCUT2D eigenvalue weighted by Gasteiger charge is 2.20. The zero-order valence-corrected chi connectivity index (χ0v) is 17.8. The highest BCUT2D eigenvalue weighted by Crippen LogP contribution is 2.32. The van der Waals surface area contributed by atoms with Gasteiger partial charge in [0.05, 0.1) is 30.3 Å². The number of imidazole rings is 1. The molecule has 34 heavy (non-hydrogen) atoms. The van der Waals surface area contributed by atoms with Gasteiger partial charge >= 0.3 is 0 Å². The molecule has 12 heteroatoms. The minimum absolute atomic E-state index is 0.0359. The molecule has 4 rings (SSSR count). The number of halogens is 3. The normalized spacial score (nSPS) is 10.4. The van der Waals surface area contributed by atoms with Gasteiger partial charge in [0.15, 0.2) is 28.8 Å². The van der Waals surface area contributed by atoms with Gasteiger partial charge in [-0.15, -0.1) is 0 Å². The third-order valence-electron chi connectivity index (χ3n) is 4.82. The summed E-state index contributed by atoms with van der Waals surface area (Å²) >= 11 is 0. The number of fused-ring (bicyclic) bond motifs is 1. The van der Waals surface area contributed by atoms with Crippen molar-refractivity contribution in [2.75, 3.05) is 12.4 Å². The lowest BCUT2D eigenvalue weighted by atomic mass is 10.1. The summed E-state index contributed by atoms with van der Waals surface area (Å²) in [4.78, 5) is 28.3. The molecule has 9 nitrogen and oxygen atoms in total. The number of hydrogen-bond donors (Lipinski definition) is 3. The van der Waals surface area contributed by atoms with E-state index in [1.165, 1.54) is 54.4 Å². The third kappa shape index (κ3) is 4.33. The van der Waals surface area contributed by atoms with E-state index >= 15 is 0 Å². The highest BCUT2D eigenvalue weighted by atomic mass is 19.2. The first-order valence-corrected chi connectivity index (χ1v) is 9.53. The van der Waals surface area contributed by atoms with Crippen LogP contribution in [-0.4, -0.2) is 39.0 Å². The van der Waals surface area contributed by atoms with Crippen LogP contribution in [0.3, 0.4) is 0 Å². The van der Waals surface area contributed by atoms with Gasteiger partial charge in [-0.1, -0.05) is 6.07 Å². The number of carboxylic acid groups (broad SMARTS) is 1. The number of nitrogens with zero attached hydrogens (tertiary/aromatic N) is 3. The van der Waals surface area contributed by atoms with E-state index in [2.05, 4.69) is 15.3 Å². The van der Waals surface area contributed by atoms with E-state index in [-0.39, 0.29) is 46.2 Å². The van der Waals surface area contributed by atoms with Crippen molar-refractivity contribution < 1.29 is 32.6 Å². The van der Waals surface area contributed by atoms with Gasteiger partial charge in [-0.2, -0.15) is 4.39 Å². The Bertz CT molecular complexity index is 1390. The molecule has 0 saturated carbocycles. The van der Waals surface area contributed by atoms with Gasteiger partial charge in [-0.05, 0) is 30.7 Å². The first-order valence-electron chi connectivity index (χ1n) is 9.53. The molecular formula is C22H18F3N5O4. The summed E-state index contributed by atoms with van der Waals surface area (Å²) in [7, 11) is 1.24. The summed E-state index contributed by atoms with van der Waals surface area (Å²) in [6.07, 6.45) is 4.23. The van der Waals surface area contributed by atoms with Gasteiger partial charge in [0.25, 0.3) is 12.4 Å². The molecule has 0 radical (unpaired) electrons. The number of benzene rings is 2. The smallest absolute Gasteiger partial charge is 0.290 e. The Balaban J connectivity index is 0.00000103. The number of methoxy groups -OCH3 is 1.